The van der Waals surface area contributed by atoms with Gasteiger partial charge in [-0.2, -0.15) is 0 Å². The Kier molecular flexibility index (Phi) is 6.54. The highest BCUT2D eigenvalue weighted by Gasteiger charge is 2.28. The number of piperazine rings is 1. The third-order valence-electron chi connectivity index (χ3n) is 6.24. The number of anilines is 1. The van der Waals surface area contributed by atoms with Crippen molar-refractivity contribution >= 4 is 40.2 Å². The molecule has 0 spiro atoms. The van der Waals surface area contributed by atoms with Crippen LogP contribution in [0.4, 0.5) is 11.4 Å². The molecule has 1 saturated carbocycles. The van der Waals surface area contributed by atoms with Crippen LogP contribution in [0.15, 0.2) is 54.6 Å². The number of hydrogen-bond acceptors (Lipinski definition) is 6. The molecule has 2 aromatic carbocycles. The summed E-state index contributed by atoms with van der Waals surface area (Å²) in [6.07, 6.45) is 1.95. The van der Waals surface area contributed by atoms with Gasteiger partial charge in [-0.15, -0.1) is 11.3 Å². The monoisotopic (exact) mass is 496 g/mol. The number of nitro benzene ring substituents is 1. The Labute approximate surface area is 207 Å². The van der Waals surface area contributed by atoms with Crippen molar-refractivity contribution in [1.29, 1.82) is 0 Å². The lowest BCUT2D eigenvalue weighted by molar-refractivity contribution is -0.384. The van der Waals surface area contributed by atoms with E-state index in [4.69, 9.17) is 11.6 Å². The van der Waals surface area contributed by atoms with E-state index in [1.54, 1.807) is 23.5 Å². The van der Waals surface area contributed by atoms with Crippen molar-refractivity contribution in [2.45, 2.75) is 25.4 Å². The Morgan fingerprint density at radius 3 is 2.56 bits per heavy atom. The topological polar surface area (TPSA) is 78.7 Å². The lowest BCUT2D eigenvalue weighted by Gasteiger charge is -2.35. The molecule has 0 atom stereocenters. The number of amides is 1. The van der Waals surface area contributed by atoms with Gasteiger partial charge in [0.2, 0.25) is 0 Å². The third-order valence-corrected chi connectivity index (χ3v) is 7.67. The molecule has 2 aliphatic rings. The van der Waals surface area contributed by atoms with Crippen molar-refractivity contribution < 1.29 is 9.72 Å². The Morgan fingerprint density at radius 1 is 1.09 bits per heavy atom. The van der Waals surface area contributed by atoms with E-state index >= 15 is 0 Å². The second kappa shape index (κ2) is 9.74. The van der Waals surface area contributed by atoms with Crippen molar-refractivity contribution in [3.63, 3.8) is 0 Å². The molecular formula is C25H25ClN4O3S. The maximum absolute atomic E-state index is 12.3. The van der Waals surface area contributed by atoms with E-state index in [1.807, 2.05) is 29.2 Å². The molecule has 2 heterocycles. The van der Waals surface area contributed by atoms with Gasteiger partial charge in [0.1, 0.15) is 5.69 Å². The second-order valence-electron chi connectivity index (χ2n) is 8.72. The van der Waals surface area contributed by atoms with Gasteiger partial charge >= 0.3 is 0 Å². The number of carbonyl (C=O) groups excluding carboxylic acids is 1. The molecule has 0 bridgehead atoms. The summed E-state index contributed by atoms with van der Waals surface area (Å²) in [4.78, 5) is 30.5. The smallest absolute Gasteiger partial charge is 0.293 e. The molecule has 1 aliphatic heterocycles. The van der Waals surface area contributed by atoms with Gasteiger partial charge in [-0.05, 0) is 43.2 Å². The molecule has 0 radical (unpaired) electrons. The summed E-state index contributed by atoms with van der Waals surface area (Å²) < 4.78 is 0. The van der Waals surface area contributed by atoms with Crippen LogP contribution in [0.2, 0.25) is 5.02 Å². The Balaban J connectivity index is 1.22. The fourth-order valence-corrected chi connectivity index (χ4v) is 5.59. The fourth-order valence-electron chi connectivity index (χ4n) is 4.21. The molecule has 176 valence electrons. The summed E-state index contributed by atoms with van der Waals surface area (Å²) in [5.74, 6) is -0.242. The maximum Gasteiger partial charge on any atom is 0.293 e. The van der Waals surface area contributed by atoms with Gasteiger partial charge in [0, 0.05) is 70.7 Å². The number of hydrogen-bond donors (Lipinski definition) is 1. The van der Waals surface area contributed by atoms with Gasteiger partial charge in [0.05, 0.1) is 4.92 Å². The quantitative estimate of drug-likeness (QED) is 0.359. The van der Waals surface area contributed by atoms with Crippen LogP contribution in [0.5, 0.6) is 0 Å². The molecule has 1 N–H and O–H groups in total. The van der Waals surface area contributed by atoms with Crippen LogP contribution in [0.25, 0.3) is 10.4 Å². The van der Waals surface area contributed by atoms with Crippen molar-refractivity contribution in [3.05, 3.63) is 80.2 Å². The molecule has 0 unspecified atom stereocenters. The highest BCUT2D eigenvalue weighted by atomic mass is 35.5. The zero-order valence-corrected chi connectivity index (χ0v) is 20.1. The number of nitrogens with zero attached hydrogens (tertiary/aromatic N) is 3. The Hall–Kier alpha value is -2.94. The largest absolute Gasteiger partial charge is 0.363 e. The summed E-state index contributed by atoms with van der Waals surface area (Å²) in [6, 6.07) is 17.1. The highest BCUT2D eigenvalue weighted by molar-refractivity contribution is 7.15. The van der Waals surface area contributed by atoms with Crippen LogP contribution >= 0.6 is 22.9 Å². The predicted octanol–water partition coefficient (Wildman–Crippen LogP) is 5.19. The number of benzene rings is 2. The lowest BCUT2D eigenvalue weighted by Crippen LogP contribution is -2.46. The number of carbonyl (C=O) groups is 1. The summed E-state index contributed by atoms with van der Waals surface area (Å²) in [6.45, 7) is 3.83. The molecule has 2 fully saturated rings. The fraction of sp³-hybridized carbons (Fsp3) is 0.320. The lowest BCUT2D eigenvalue weighted by atomic mass is 10.1. The molecule has 1 aromatic heterocycles. The van der Waals surface area contributed by atoms with Crippen LogP contribution in [0.1, 0.15) is 28.1 Å². The van der Waals surface area contributed by atoms with Crippen molar-refractivity contribution in [2.24, 2.45) is 0 Å². The Morgan fingerprint density at radius 2 is 1.85 bits per heavy atom. The molecule has 9 heteroatoms. The molecule has 1 amide bonds. The van der Waals surface area contributed by atoms with E-state index in [0.717, 1.165) is 47.9 Å². The van der Waals surface area contributed by atoms with Crippen LogP contribution in [-0.2, 0) is 6.54 Å². The zero-order chi connectivity index (χ0) is 23.7. The Bertz CT molecular complexity index is 1220. The van der Waals surface area contributed by atoms with Crippen molar-refractivity contribution in [3.8, 4) is 10.4 Å². The first-order valence-electron chi connectivity index (χ1n) is 11.4. The van der Waals surface area contributed by atoms with Crippen molar-refractivity contribution in [2.75, 3.05) is 31.1 Å². The first kappa shape index (κ1) is 22.8. The van der Waals surface area contributed by atoms with E-state index in [9.17, 15) is 14.9 Å². The third kappa shape index (κ3) is 5.09. The molecule has 3 aromatic rings. The summed E-state index contributed by atoms with van der Waals surface area (Å²) in [5, 5.41) is 15.4. The van der Waals surface area contributed by atoms with Crippen LogP contribution < -0.4 is 10.2 Å². The minimum atomic E-state index is -0.391. The molecule has 34 heavy (non-hydrogen) atoms. The van der Waals surface area contributed by atoms with Gasteiger partial charge in [-0.3, -0.25) is 19.8 Å². The number of halogens is 1. The van der Waals surface area contributed by atoms with Gasteiger partial charge in [0.15, 0.2) is 0 Å². The average Bonchev–Trinajstić information content (AvgIpc) is 3.54. The average molecular weight is 497 g/mol. The summed E-state index contributed by atoms with van der Waals surface area (Å²) in [5.41, 5.74) is 1.95. The molecule has 1 saturated heterocycles. The molecule has 1 aliphatic carbocycles. The minimum absolute atomic E-state index is 0.0143. The van der Waals surface area contributed by atoms with Crippen molar-refractivity contribution in [1.82, 2.24) is 10.2 Å². The standard InChI is InChI=1S/C25H25ClN4O3S/c26-21-4-2-1-3-20(21)24-10-8-19(34-24)16-28-11-13-29(14-12-28)22-9-5-17(15-23(22)30(32)33)25(31)27-18-6-7-18/h1-5,8-10,15,18H,6-7,11-14,16H2,(H,27,31). The normalized spacial score (nSPS) is 16.4. The van der Waals surface area contributed by atoms with E-state index in [2.05, 4.69) is 22.3 Å². The zero-order valence-electron chi connectivity index (χ0n) is 18.6. The number of thiophene rings is 1. The second-order valence-corrected chi connectivity index (χ2v) is 10.3. The van der Waals surface area contributed by atoms with Crippen LogP contribution in [0.3, 0.4) is 0 Å². The van der Waals surface area contributed by atoms with Crippen LogP contribution in [-0.4, -0.2) is 48.0 Å². The summed E-state index contributed by atoms with van der Waals surface area (Å²) in [7, 11) is 0. The number of rotatable bonds is 7. The first-order chi connectivity index (χ1) is 16.5. The van der Waals surface area contributed by atoms with Gasteiger partial charge in [0.25, 0.3) is 11.6 Å². The van der Waals surface area contributed by atoms with Gasteiger partial charge < -0.3 is 10.2 Å². The number of nitro groups is 1. The van der Waals surface area contributed by atoms with Crippen LogP contribution in [0, 0.1) is 10.1 Å². The van der Waals surface area contributed by atoms with E-state index < -0.39 is 4.92 Å². The van der Waals surface area contributed by atoms with Gasteiger partial charge in [-0.25, -0.2) is 0 Å². The molecular weight excluding hydrogens is 472 g/mol. The van der Waals surface area contributed by atoms with E-state index in [-0.39, 0.29) is 17.6 Å². The molecule has 7 nitrogen and oxygen atoms in total. The van der Waals surface area contributed by atoms with Gasteiger partial charge in [-0.1, -0.05) is 29.8 Å². The van der Waals surface area contributed by atoms with E-state index in [1.165, 1.54) is 10.9 Å². The predicted molar refractivity (Wildman–Crippen MR) is 136 cm³/mol. The minimum Gasteiger partial charge on any atom is -0.363 e. The highest BCUT2D eigenvalue weighted by Crippen LogP contribution is 2.34. The number of nitrogens with one attached hydrogen (secondary N) is 1. The molecule has 5 rings (SSSR count). The maximum atomic E-state index is 12.3. The first-order valence-corrected chi connectivity index (χ1v) is 12.6. The van der Waals surface area contributed by atoms with E-state index in [0.29, 0.717) is 24.3 Å². The summed E-state index contributed by atoms with van der Waals surface area (Å²) >= 11 is 8.08. The SMILES string of the molecule is O=C(NC1CC1)c1ccc(N2CCN(Cc3ccc(-c4ccccc4Cl)s3)CC2)c([N+](=O)[O-])c1.